The number of nitriles is 1. The zero-order valence-electron chi connectivity index (χ0n) is 21.3. The van der Waals surface area contributed by atoms with Crippen LogP contribution in [-0.2, 0) is 0 Å². The maximum absolute atomic E-state index is 14.2. The molecule has 1 atom stereocenters. The Morgan fingerprint density at radius 2 is 1.74 bits per heavy atom. The van der Waals surface area contributed by atoms with Gasteiger partial charge in [0.15, 0.2) is 0 Å². The van der Waals surface area contributed by atoms with E-state index in [4.69, 9.17) is 10.7 Å². The predicted octanol–water partition coefficient (Wildman–Crippen LogP) is 4.54. The van der Waals surface area contributed by atoms with Crippen LogP contribution in [0.25, 0.3) is 27.7 Å². The highest BCUT2D eigenvalue weighted by Gasteiger charge is 2.21. The highest BCUT2D eigenvalue weighted by Crippen LogP contribution is 2.29. The lowest BCUT2D eigenvalue weighted by molar-refractivity contribution is 0.731. The monoisotopic (exact) mass is 502 g/mol. The van der Waals surface area contributed by atoms with Gasteiger partial charge in [-0.15, -0.1) is 0 Å². The third-order valence-corrected chi connectivity index (χ3v) is 6.30. The van der Waals surface area contributed by atoms with E-state index >= 15 is 0 Å². The number of anilines is 3. The molecule has 0 spiro atoms. The first-order chi connectivity index (χ1) is 18.4. The van der Waals surface area contributed by atoms with Crippen LogP contribution in [0, 0.1) is 11.3 Å². The summed E-state index contributed by atoms with van der Waals surface area (Å²) in [5.74, 6) is 0.779. The number of nitrogen functional groups attached to an aromatic ring is 1. The molecule has 0 aliphatic carbocycles. The third kappa shape index (κ3) is 4.51. The molecule has 0 saturated heterocycles. The Bertz CT molecular complexity index is 1720. The first kappa shape index (κ1) is 24.5. The van der Waals surface area contributed by atoms with Crippen LogP contribution in [0.15, 0.2) is 83.8 Å². The molecule has 2 aromatic heterocycles. The van der Waals surface area contributed by atoms with Crippen molar-refractivity contribution in [2.24, 2.45) is 0 Å². The van der Waals surface area contributed by atoms with Gasteiger partial charge in [0.05, 0.1) is 28.8 Å². The van der Waals surface area contributed by atoms with Gasteiger partial charge in [0.25, 0.3) is 5.56 Å². The summed E-state index contributed by atoms with van der Waals surface area (Å²) in [6, 6.07) is 24.7. The first-order valence-corrected chi connectivity index (χ1v) is 12.1. The molecule has 2 heterocycles. The van der Waals surface area contributed by atoms with Crippen LogP contribution >= 0.6 is 0 Å². The van der Waals surface area contributed by atoms with E-state index in [-0.39, 0.29) is 22.9 Å². The zero-order valence-corrected chi connectivity index (χ0v) is 21.3. The second-order valence-corrected chi connectivity index (χ2v) is 9.06. The van der Waals surface area contributed by atoms with E-state index in [1.807, 2.05) is 98.7 Å². The molecule has 5 rings (SSSR count). The molecule has 0 saturated carbocycles. The number of nitrogens with two attached hydrogens (primary N) is 1. The van der Waals surface area contributed by atoms with Crippen LogP contribution < -0.4 is 21.5 Å². The summed E-state index contributed by atoms with van der Waals surface area (Å²) in [6.07, 6.45) is 1.36. The minimum absolute atomic E-state index is 0.0375. The smallest absolute Gasteiger partial charge is 0.266 e. The standard InChI is InChI=1S/C29H26N8O/c1-18(33-26-20(16-30)17-32-29(31)35-26)27-34-24-11-7-10-23(19-12-14-21(15-13-19)36(2)3)25(24)28(38)37(27)22-8-5-4-6-9-22/h4-15,17-18H,1-3H3,(H3,31,32,33,35)/t18-/m0/s1. The highest BCUT2D eigenvalue weighted by atomic mass is 16.1. The van der Waals surface area contributed by atoms with Crippen molar-refractivity contribution in [1.29, 1.82) is 5.26 Å². The van der Waals surface area contributed by atoms with Gasteiger partial charge in [-0.1, -0.05) is 42.5 Å². The van der Waals surface area contributed by atoms with Gasteiger partial charge in [-0.2, -0.15) is 10.2 Å². The summed E-state index contributed by atoms with van der Waals surface area (Å²) in [7, 11) is 3.98. The Morgan fingerprint density at radius 1 is 1.00 bits per heavy atom. The van der Waals surface area contributed by atoms with Gasteiger partial charge in [-0.25, -0.2) is 9.97 Å². The molecule has 0 bridgehead atoms. The summed E-state index contributed by atoms with van der Waals surface area (Å²) in [4.78, 5) is 29.3. The van der Waals surface area contributed by atoms with E-state index in [1.54, 1.807) is 4.57 Å². The second kappa shape index (κ2) is 10.0. The van der Waals surface area contributed by atoms with Crippen molar-refractivity contribution >= 4 is 28.4 Å². The number of rotatable bonds is 6. The number of fused-ring (bicyclic) bond motifs is 1. The minimum Gasteiger partial charge on any atom is -0.378 e. The Hall–Kier alpha value is -5.23. The van der Waals surface area contributed by atoms with Gasteiger partial charge >= 0.3 is 0 Å². The fourth-order valence-corrected chi connectivity index (χ4v) is 4.40. The number of aromatic nitrogens is 4. The fraction of sp³-hybridized carbons (Fsp3) is 0.138. The number of nitrogens with zero attached hydrogens (tertiary/aromatic N) is 6. The van der Waals surface area contributed by atoms with E-state index in [1.165, 1.54) is 6.20 Å². The van der Waals surface area contributed by atoms with E-state index < -0.39 is 6.04 Å². The van der Waals surface area contributed by atoms with Crippen molar-refractivity contribution in [2.75, 3.05) is 30.0 Å². The summed E-state index contributed by atoms with van der Waals surface area (Å²) in [5.41, 5.74) is 9.86. The van der Waals surface area contributed by atoms with Crippen LogP contribution in [0.1, 0.15) is 24.4 Å². The summed E-state index contributed by atoms with van der Waals surface area (Å²) in [5, 5.41) is 13.2. The molecular weight excluding hydrogens is 476 g/mol. The van der Waals surface area contributed by atoms with Crippen molar-refractivity contribution in [2.45, 2.75) is 13.0 Å². The van der Waals surface area contributed by atoms with Crippen molar-refractivity contribution in [1.82, 2.24) is 19.5 Å². The fourth-order valence-electron chi connectivity index (χ4n) is 4.40. The van der Waals surface area contributed by atoms with Crippen molar-refractivity contribution in [3.63, 3.8) is 0 Å². The van der Waals surface area contributed by atoms with Gasteiger partial charge in [0, 0.05) is 19.8 Å². The lowest BCUT2D eigenvalue weighted by Crippen LogP contribution is -2.28. The topological polar surface area (TPSA) is 126 Å². The number of hydrogen-bond acceptors (Lipinski definition) is 8. The molecule has 188 valence electrons. The van der Waals surface area contributed by atoms with Crippen molar-refractivity contribution in [3.8, 4) is 22.9 Å². The van der Waals surface area contributed by atoms with Gasteiger partial charge < -0.3 is 16.0 Å². The molecule has 0 radical (unpaired) electrons. The molecule has 0 amide bonds. The van der Waals surface area contributed by atoms with Gasteiger partial charge in [-0.3, -0.25) is 9.36 Å². The second-order valence-electron chi connectivity index (χ2n) is 9.06. The van der Waals surface area contributed by atoms with Crippen LogP contribution in [-0.4, -0.2) is 33.6 Å². The molecule has 9 nitrogen and oxygen atoms in total. The first-order valence-electron chi connectivity index (χ1n) is 12.1. The molecule has 9 heteroatoms. The molecule has 3 N–H and O–H groups in total. The van der Waals surface area contributed by atoms with Gasteiger partial charge in [-0.05, 0) is 48.4 Å². The van der Waals surface area contributed by atoms with Crippen molar-refractivity contribution in [3.05, 3.63) is 101 Å². The SMILES string of the molecule is C[C@H](Nc1nc(N)ncc1C#N)c1nc2cccc(-c3ccc(N(C)C)cc3)c2c(=O)n1-c1ccccc1. The van der Waals surface area contributed by atoms with Gasteiger partial charge in [0.1, 0.15) is 23.3 Å². The zero-order chi connectivity index (χ0) is 26.8. The quantitative estimate of drug-likeness (QED) is 0.347. The maximum atomic E-state index is 14.2. The van der Waals surface area contributed by atoms with Crippen LogP contribution in [0.4, 0.5) is 17.5 Å². The Kier molecular flexibility index (Phi) is 6.46. The average molecular weight is 503 g/mol. The third-order valence-electron chi connectivity index (χ3n) is 6.30. The minimum atomic E-state index is -0.503. The van der Waals surface area contributed by atoms with Crippen LogP contribution in [0.2, 0.25) is 0 Å². The Morgan fingerprint density at radius 3 is 2.42 bits per heavy atom. The summed E-state index contributed by atoms with van der Waals surface area (Å²) >= 11 is 0. The number of nitrogens with one attached hydrogen (secondary N) is 1. The van der Waals surface area contributed by atoms with E-state index in [9.17, 15) is 10.1 Å². The molecule has 5 aromatic rings. The maximum Gasteiger partial charge on any atom is 0.266 e. The van der Waals surface area contributed by atoms with Crippen LogP contribution in [0.3, 0.4) is 0 Å². The molecule has 3 aromatic carbocycles. The summed E-state index contributed by atoms with van der Waals surface area (Å²) < 4.78 is 1.61. The Balaban J connectivity index is 1.72. The number of para-hydroxylation sites is 1. The van der Waals surface area contributed by atoms with Crippen LogP contribution in [0.5, 0.6) is 0 Å². The predicted molar refractivity (Wildman–Crippen MR) is 150 cm³/mol. The van der Waals surface area contributed by atoms with E-state index in [0.29, 0.717) is 22.4 Å². The largest absolute Gasteiger partial charge is 0.378 e. The number of hydrogen-bond donors (Lipinski definition) is 2. The molecule has 0 fully saturated rings. The van der Waals surface area contributed by atoms with Crippen molar-refractivity contribution < 1.29 is 0 Å². The highest BCUT2D eigenvalue weighted by molar-refractivity contribution is 5.94. The van der Waals surface area contributed by atoms with Gasteiger partial charge in [0.2, 0.25) is 5.95 Å². The Labute approximate surface area is 219 Å². The molecular formula is C29H26N8O. The average Bonchev–Trinajstić information content (AvgIpc) is 2.93. The van der Waals surface area contributed by atoms with E-state index in [2.05, 4.69) is 21.4 Å². The summed E-state index contributed by atoms with van der Waals surface area (Å²) in [6.45, 7) is 1.86. The van der Waals surface area contributed by atoms with E-state index in [0.717, 1.165) is 16.8 Å². The lowest BCUT2D eigenvalue weighted by Gasteiger charge is -2.21. The molecule has 38 heavy (non-hydrogen) atoms. The molecule has 0 aliphatic rings. The lowest BCUT2D eigenvalue weighted by atomic mass is 10.0. The number of benzene rings is 3. The molecule has 0 unspecified atom stereocenters. The normalized spacial score (nSPS) is 11.6. The molecule has 0 aliphatic heterocycles.